The van der Waals surface area contributed by atoms with Crippen LogP contribution in [0, 0.1) is 6.92 Å². The van der Waals surface area contributed by atoms with E-state index in [1.807, 2.05) is 0 Å². The van der Waals surface area contributed by atoms with Crippen LogP contribution in [0.4, 0.5) is 28.4 Å². The van der Waals surface area contributed by atoms with E-state index in [2.05, 4.69) is 250 Å². The van der Waals surface area contributed by atoms with Gasteiger partial charge in [0, 0.05) is 39.0 Å². The molecule has 0 unspecified atom stereocenters. The predicted octanol–water partition coefficient (Wildman–Crippen LogP) is 15.9. The average Bonchev–Trinajstić information content (AvgIpc) is 3.93. The highest BCUT2D eigenvalue weighted by molar-refractivity contribution is 6.94. The highest BCUT2D eigenvalue weighted by Crippen LogP contribution is 2.65. The van der Waals surface area contributed by atoms with Gasteiger partial charge >= 0.3 is 6.85 Å². The van der Waals surface area contributed by atoms with Crippen molar-refractivity contribution in [3.05, 3.63) is 246 Å². The zero-order valence-corrected chi connectivity index (χ0v) is 39.6. The maximum atomic E-state index is 7.26. The molecule has 4 heteroatoms. The minimum Gasteiger partial charge on any atom is -0.454 e. The van der Waals surface area contributed by atoms with E-state index in [0.717, 1.165) is 39.0 Å². The van der Waals surface area contributed by atoms with Gasteiger partial charge in [0.15, 0.2) is 5.58 Å². The van der Waals surface area contributed by atoms with Gasteiger partial charge in [-0.3, -0.25) is 0 Å². The molecule has 70 heavy (non-hydrogen) atoms. The molecule has 4 heterocycles. The molecule has 11 aromatic rings. The molecule has 0 N–H and O–H groups in total. The Hall–Kier alpha value is -8.34. The minimum absolute atomic E-state index is 0.0658. The van der Waals surface area contributed by atoms with E-state index in [0.29, 0.717) is 0 Å². The Morgan fingerprint density at radius 1 is 0.443 bits per heavy atom. The number of hydrogen-bond donors (Lipinski definition) is 0. The maximum absolute atomic E-state index is 7.26. The Balaban J connectivity index is 1.13. The first-order valence-electron chi connectivity index (χ1n) is 24.7. The average molecular weight is 895 g/mol. The number of nitrogens with zero attached hydrogens (tertiary/aromatic N) is 2. The van der Waals surface area contributed by atoms with Crippen molar-refractivity contribution in [2.75, 3.05) is 9.71 Å². The molecule has 0 saturated carbocycles. The fraction of sp³-hybridized carbons (Fsp3) is 0.0909. The molecular weight excluding hydrogens is 848 g/mol. The van der Waals surface area contributed by atoms with Gasteiger partial charge in [-0.1, -0.05) is 197 Å². The third-order valence-corrected chi connectivity index (χ3v) is 16.1. The fourth-order valence-corrected chi connectivity index (χ4v) is 13.1. The van der Waals surface area contributed by atoms with Gasteiger partial charge in [0.1, 0.15) is 5.58 Å². The zero-order chi connectivity index (χ0) is 46.6. The van der Waals surface area contributed by atoms with Gasteiger partial charge in [-0.25, -0.2) is 0 Å². The Morgan fingerprint density at radius 3 is 1.87 bits per heavy atom. The number of anilines is 5. The number of furan rings is 1. The van der Waals surface area contributed by atoms with E-state index in [9.17, 15) is 0 Å². The Labute approximate surface area is 409 Å². The van der Waals surface area contributed by atoms with E-state index in [4.69, 9.17) is 4.42 Å². The summed E-state index contributed by atoms with van der Waals surface area (Å²) in [6.07, 6.45) is 0. The third kappa shape index (κ3) is 5.10. The van der Waals surface area contributed by atoms with Crippen molar-refractivity contribution >= 4 is 68.1 Å². The summed E-state index contributed by atoms with van der Waals surface area (Å²) in [5, 5.41) is 2.23. The van der Waals surface area contributed by atoms with Gasteiger partial charge in [0.25, 0.3) is 0 Å². The first kappa shape index (κ1) is 39.6. The quantitative estimate of drug-likeness (QED) is 0.165. The summed E-state index contributed by atoms with van der Waals surface area (Å²) in [5.41, 5.74) is 27.2. The molecule has 3 nitrogen and oxygen atoms in total. The van der Waals surface area contributed by atoms with Crippen molar-refractivity contribution < 1.29 is 4.42 Å². The molecule has 0 saturated heterocycles. The molecule has 0 atom stereocenters. The molecular formula is C66H47BN2O. The van der Waals surface area contributed by atoms with E-state index < -0.39 is 5.41 Å². The van der Waals surface area contributed by atoms with Crippen LogP contribution in [0.25, 0.3) is 66.4 Å². The van der Waals surface area contributed by atoms with Crippen molar-refractivity contribution in [2.45, 2.75) is 38.5 Å². The SMILES string of the molecule is Cc1ccccc1-c1cc2c3c(c1)N(c1ccc(C(C)(C)C)cc1-c1ccccc1)c1c(ccc4c1oc1ccccc14)B3N1c3ccccc3C3(c4ccccc4-c4ccccc43)c3cccc-2c31. The van der Waals surface area contributed by atoms with Crippen LogP contribution in [0.1, 0.15) is 54.2 Å². The van der Waals surface area contributed by atoms with Crippen LogP contribution in [0.15, 0.2) is 217 Å². The number of hydrogen-bond acceptors (Lipinski definition) is 3. The second kappa shape index (κ2) is 14.1. The number of rotatable bonds is 3. The molecule has 1 aliphatic carbocycles. The largest absolute Gasteiger partial charge is 0.454 e. The van der Waals surface area contributed by atoms with Crippen molar-refractivity contribution in [3.8, 4) is 44.5 Å². The highest BCUT2D eigenvalue weighted by Gasteiger charge is 2.56. The van der Waals surface area contributed by atoms with Crippen LogP contribution in [0.2, 0.25) is 0 Å². The van der Waals surface area contributed by atoms with Crippen LogP contribution in [-0.4, -0.2) is 6.85 Å². The summed E-state index contributed by atoms with van der Waals surface area (Å²) in [6.45, 7) is 8.98. The lowest BCUT2D eigenvalue weighted by molar-refractivity contribution is 0.590. The van der Waals surface area contributed by atoms with Gasteiger partial charge in [0.2, 0.25) is 0 Å². The van der Waals surface area contributed by atoms with Gasteiger partial charge in [-0.15, -0.1) is 0 Å². The summed E-state index contributed by atoms with van der Waals surface area (Å²) in [5.74, 6) is 0. The van der Waals surface area contributed by atoms with Gasteiger partial charge in [-0.05, 0) is 126 Å². The van der Waals surface area contributed by atoms with Crippen molar-refractivity contribution in [2.24, 2.45) is 0 Å². The first-order valence-corrected chi connectivity index (χ1v) is 24.7. The molecule has 15 rings (SSSR count). The fourth-order valence-electron chi connectivity index (χ4n) is 13.1. The van der Waals surface area contributed by atoms with Gasteiger partial charge < -0.3 is 14.1 Å². The van der Waals surface area contributed by atoms with Gasteiger partial charge in [0.05, 0.1) is 16.8 Å². The lowest BCUT2D eigenvalue weighted by Gasteiger charge is -2.52. The molecule has 0 fully saturated rings. The zero-order valence-electron chi connectivity index (χ0n) is 39.6. The summed E-state index contributed by atoms with van der Waals surface area (Å²) in [7, 11) is 0. The van der Waals surface area contributed by atoms with Crippen LogP contribution >= 0.6 is 0 Å². The second-order valence-corrected chi connectivity index (χ2v) is 20.8. The molecule has 330 valence electrons. The second-order valence-electron chi connectivity index (χ2n) is 20.8. The third-order valence-electron chi connectivity index (χ3n) is 16.1. The minimum atomic E-state index is -0.537. The van der Waals surface area contributed by atoms with E-state index >= 15 is 0 Å². The topological polar surface area (TPSA) is 19.6 Å². The summed E-state index contributed by atoms with van der Waals surface area (Å²) < 4.78 is 7.26. The Morgan fingerprint density at radius 2 is 1.10 bits per heavy atom. The van der Waals surface area contributed by atoms with E-state index in [1.165, 1.54) is 100 Å². The molecule has 1 aromatic heterocycles. The molecule has 0 radical (unpaired) electrons. The van der Waals surface area contributed by atoms with E-state index in [1.54, 1.807) is 0 Å². The molecule has 10 aromatic carbocycles. The van der Waals surface area contributed by atoms with Crippen LogP contribution in [-0.2, 0) is 10.8 Å². The van der Waals surface area contributed by atoms with Crippen molar-refractivity contribution in [3.63, 3.8) is 0 Å². The number of fused-ring (bicyclic) bond motifs is 17. The maximum Gasteiger partial charge on any atom is 0.333 e. The highest BCUT2D eigenvalue weighted by atomic mass is 16.3. The van der Waals surface area contributed by atoms with E-state index in [-0.39, 0.29) is 12.3 Å². The smallest absolute Gasteiger partial charge is 0.333 e. The van der Waals surface area contributed by atoms with Crippen molar-refractivity contribution in [1.82, 2.24) is 0 Å². The molecule has 1 spiro atoms. The molecule has 0 bridgehead atoms. The van der Waals surface area contributed by atoms with Crippen LogP contribution in [0.3, 0.4) is 0 Å². The Bertz CT molecular complexity index is 4000. The standard InChI is InChI=1S/C66H47BN2O/c1-40-19-8-9-22-44(40)42-37-51-48-26-18-30-55-62(48)69(58-31-16-15-29-54(58)66(55)52-27-13-10-23-45(52)46-24-11-14-28-53(46)66)67-56-35-34-49-47-25-12-17-32-60(47)70-64(49)63(56)68(59(38-42)61(51)67)57-36-33-43(65(2,3)4)39-50(57)41-20-6-5-7-21-41/h5-39H,1-4H3. The molecule has 4 aliphatic rings. The number of aryl methyl sites for hydroxylation is 1. The summed E-state index contributed by atoms with van der Waals surface area (Å²) >= 11 is 0. The van der Waals surface area contributed by atoms with Crippen LogP contribution in [0.5, 0.6) is 0 Å². The normalized spacial score (nSPS) is 14.3. The Kier molecular flexibility index (Phi) is 8.00. The van der Waals surface area contributed by atoms with Crippen LogP contribution < -0.4 is 20.6 Å². The first-order chi connectivity index (χ1) is 34.3. The monoisotopic (exact) mass is 894 g/mol. The molecule has 3 aliphatic heterocycles. The lowest BCUT2D eigenvalue weighted by Crippen LogP contribution is -2.63. The van der Waals surface area contributed by atoms with Gasteiger partial charge in [-0.2, -0.15) is 0 Å². The summed E-state index contributed by atoms with van der Waals surface area (Å²) in [6, 6.07) is 80.0. The predicted molar refractivity (Wildman–Crippen MR) is 293 cm³/mol. The number of benzene rings is 10. The van der Waals surface area contributed by atoms with Crippen molar-refractivity contribution in [1.29, 1.82) is 0 Å². The molecule has 0 amide bonds. The summed E-state index contributed by atoms with van der Waals surface area (Å²) in [4.78, 5) is 5.31. The lowest BCUT2D eigenvalue weighted by atomic mass is 9.42. The number of para-hydroxylation sites is 3.